The van der Waals surface area contributed by atoms with Gasteiger partial charge in [0.15, 0.2) is 0 Å². The molecular weight excluding hydrogens is 316 g/mol. The van der Waals surface area contributed by atoms with Crippen LogP contribution in [-0.4, -0.2) is 5.91 Å². The molecule has 0 saturated heterocycles. The van der Waals surface area contributed by atoms with Crippen LogP contribution in [0.1, 0.15) is 10.4 Å². The third kappa shape index (κ3) is 2.66. The van der Waals surface area contributed by atoms with Gasteiger partial charge in [-0.15, -0.1) is 0 Å². The van der Waals surface area contributed by atoms with Gasteiger partial charge in [0.05, 0.1) is 20.7 Å². The highest BCUT2D eigenvalue weighted by atomic mass is 79.9. The van der Waals surface area contributed by atoms with Gasteiger partial charge in [-0.2, -0.15) is 0 Å². The lowest BCUT2D eigenvalue weighted by atomic mass is 10.2. The van der Waals surface area contributed by atoms with Crippen LogP contribution in [0, 0.1) is 0 Å². The van der Waals surface area contributed by atoms with Gasteiger partial charge < -0.3 is 11.1 Å². The van der Waals surface area contributed by atoms with E-state index in [2.05, 4.69) is 21.2 Å². The monoisotopic (exact) mass is 324 g/mol. The predicted octanol–water partition coefficient (Wildman–Crippen LogP) is 3.94. The first-order valence-electron chi connectivity index (χ1n) is 5.19. The first-order chi connectivity index (χ1) is 8.59. The van der Waals surface area contributed by atoms with Crippen molar-refractivity contribution < 1.29 is 4.79 Å². The molecule has 0 fully saturated rings. The van der Waals surface area contributed by atoms with Crippen LogP contribution in [0.25, 0.3) is 0 Å². The van der Waals surface area contributed by atoms with Crippen LogP contribution in [0.4, 0.5) is 11.4 Å². The number of para-hydroxylation sites is 1. The van der Waals surface area contributed by atoms with E-state index in [1.54, 1.807) is 42.5 Å². The lowest BCUT2D eigenvalue weighted by Gasteiger charge is -2.09. The molecule has 0 aliphatic heterocycles. The third-order valence-electron chi connectivity index (χ3n) is 2.40. The molecule has 0 heterocycles. The summed E-state index contributed by atoms with van der Waals surface area (Å²) in [6.07, 6.45) is 0. The van der Waals surface area contributed by atoms with Crippen LogP contribution in [0.2, 0.25) is 5.02 Å². The Balaban J connectivity index is 2.28. The number of nitrogens with one attached hydrogen (secondary N) is 1. The predicted molar refractivity (Wildman–Crippen MR) is 78.0 cm³/mol. The van der Waals surface area contributed by atoms with E-state index < -0.39 is 0 Å². The molecule has 2 aromatic carbocycles. The summed E-state index contributed by atoms with van der Waals surface area (Å²) in [5.41, 5.74) is 7.28. The van der Waals surface area contributed by atoms with E-state index in [0.717, 1.165) is 0 Å². The molecule has 2 aromatic rings. The molecule has 18 heavy (non-hydrogen) atoms. The van der Waals surface area contributed by atoms with Gasteiger partial charge in [-0.1, -0.05) is 29.8 Å². The van der Waals surface area contributed by atoms with Crippen molar-refractivity contribution in [3.05, 3.63) is 57.5 Å². The van der Waals surface area contributed by atoms with Crippen LogP contribution in [-0.2, 0) is 0 Å². The Hall–Kier alpha value is -1.52. The Labute approximate surface area is 118 Å². The minimum Gasteiger partial charge on any atom is -0.398 e. The molecule has 0 radical (unpaired) electrons. The largest absolute Gasteiger partial charge is 0.398 e. The molecule has 5 heteroatoms. The van der Waals surface area contributed by atoms with E-state index >= 15 is 0 Å². The fraction of sp³-hybridized carbons (Fsp3) is 0. The van der Waals surface area contributed by atoms with E-state index in [9.17, 15) is 4.79 Å². The molecule has 0 aromatic heterocycles. The number of rotatable bonds is 2. The van der Waals surface area contributed by atoms with Gasteiger partial charge in [-0.3, -0.25) is 4.79 Å². The summed E-state index contributed by atoms with van der Waals surface area (Å²) in [5.74, 6) is -0.262. The number of benzene rings is 2. The molecular formula is C13H10BrClN2O. The van der Waals surface area contributed by atoms with Gasteiger partial charge in [0.25, 0.3) is 5.91 Å². The maximum absolute atomic E-state index is 12.1. The first-order valence-corrected chi connectivity index (χ1v) is 6.36. The number of hydrogen-bond donors (Lipinski definition) is 2. The number of carbonyl (C=O) groups is 1. The van der Waals surface area contributed by atoms with Crippen LogP contribution in [0.5, 0.6) is 0 Å². The molecule has 0 atom stereocenters. The highest BCUT2D eigenvalue weighted by molar-refractivity contribution is 9.10. The van der Waals surface area contributed by atoms with Crippen molar-refractivity contribution in [2.24, 2.45) is 0 Å². The van der Waals surface area contributed by atoms with Crippen LogP contribution in [0.15, 0.2) is 46.9 Å². The molecule has 2 rings (SSSR count). The zero-order valence-corrected chi connectivity index (χ0v) is 11.6. The SMILES string of the molecule is Nc1cccc(C(=O)Nc2ccccc2Cl)c1Br. The minimum absolute atomic E-state index is 0.262. The molecule has 0 bridgehead atoms. The standard InChI is InChI=1S/C13H10BrClN2O/c14-12-8(4-3-6-10(12)16)13(18)17-11-7-2-1-5-9(11)15/h1-7H,16H2,(H,17,18). The molecule has 0 unspecified atom stereocenters. The molecule has 0 saturated carbocycles. The smallest absolute Gasteiger partial charge is 0.256 e. The average molecular weight is 326 g/mol. The van der Waals surface area contributed by atoms with E-state index in [1.807, 2.05) is 0 Å². The van der Waals surface area contributed by atoms with Crippen molar-refractivity contribution in [2.45, 2.75) is 0 Å². The van der Waals surface area contributed by atoms with Crippen molar-refractivity contribution in [1.82, 2.24) is 0 Å². The summed E-state index contributed by atoms with van der Waals surface area (Å²) >= 11 is 9.27. The van der Waals surface area contributed by atoms with Gasteiger partial charge in [0, 0.05) is 5.69 Å². The van der Waals surface area contributed by atoms with Gasteiger partial charge in [-0.05, 0) is 40.2 Å². The summed E-state index contributed by atoms with van der Waals surface area (Å²) in [4.78, 5) is 12.1. The summed E-state index contributed by atoms with van der Waals surface area (Å²) in [6, 6.07) is 12.2. The number of nitrogens with two attached hydrogens (primary N) is 1. The fourth-order valence-corrected chi connectivity index (χ4v) is 2.10. The van der Waals surface area contributed by atoms with E-state index in [4.69, 9.17) is 17.3 Å². The fourth-order valence-electron chi connectivity index (χ4n) is 1.48. The van der Waals surface area contributed by atoms with E-state index in [-0.39, 0.29) is 5.91 Å². The van der Waals surface area contributed by atoms with Crippen molar-refractivity contribution in [3.8, 4) is 0 Å². The van der Waals surface area contributed by atoms with Crippen molar-refractivity contribution in [2.75, 3.05) is 11.1 Å². The molecule has 0 aliphatic carbocycles. The highest BCUT2D eigenvalue weighted by Gasteiger charge is 2.12. The Morgan fingerprint density at radius 3 is 2.61 bits per heavy atom. The zero-order valence-electron chi connectivity index (χ0n) is 9.28. The quantitative estimate of drug-likeness (QED) is 0.822. The van der Waals surface area contributed by atoms with Crippen LogP contribution < -0.4 is 11.1 Å². The lowest BCUT2D eigenvalue weighted by molar-refractivity contribution is 0.102. The Kier molecular flexibility index (Phi) is 3.89. The number of hydrogen-bond acceptors (Lipinski definition) is 2. The maximum atomic E-state index is 12.1. The molecule has 3 N–H and O–H groups in total. The second-order valence-electron chi connectivity index (χ2n) is 3.64. The third-order valence-corrected chi connectivity index (χ3v) is 3.61. The van der Waals surface area contributed by atoms with E-state index in [0.29, 0.717) is 26.4 Å². The van der Waals surface area contributed by atoms with Gasteiger partial charge >= 0.3 is 0 Å². The number of nitrogen functional groups attached to an aromatic ring is 1. The molecule has 0 aliphatic rings. The number of halogens is 2. The van der Waals surface area contributed by atoms with Gasteiger partial charge in [0.1, 0.15) is 0 Å². The maximum Gasteiger partial charge on any atom is 0.256 e. The van der Waals surface area contributed by atoms with Crippen molar-refractivity contribution >= 4 is 44.8 Å². The normalized spacial score (nSPS) is 10.1. The lowest BCUT2D eigenvalue weighted by Crippen LogP contribution is -2.13. The topological polar surface area (TPSA) is 55.1 Å². The van der Waals surface area contributed by atoms with Crippen molar-refractivity contribution in [3.63, 3.8) is 0 Å². The van der Waals surface area contributed by atoms with Crippen molar-refractivity contribution in [1.29, 1.82) is 0 Å². The summed E-state index contributed by atoms with van der Waals surface area (Å²) in [7, 11) is 0. The number of amides is 1. The first kappa shape index (κ1) is 12.9. The molecule has 92 valence electrons. The Morgan fingerprint density at radius 1 is 1.17 bits per heavy atom. The molecule has 1 amide bonds. The van der Waals surface area contributed by atoms with Gasteiger partial charge in [0.2, 0.25) is 0 Å². The number of carbonyl (C=O) groups excluding carboxylic acids is 1. The zero-order chi connectivity index (χ0) is 13.1. The average Bonchev–Trinajstić information content (AvgIpc) is 2.35. The second-order valence-corrected chi connectivity index (χ2v) is 4.84. The van der Waals surface area contributed by atoms with E-state index in [1.165, 1.54) is 0 Å². The molecule has 0 spiro atoms. The van der Waals surface area contributed by atoms with Crippen LogP contribution in [0.3, 0.4) is 0 Å². The summed E-state index contributed by atoms with van der Waals surface area (Å²) < 4.78 is 0.578. The Bertz CT molecular complexity index is 601. The van der Waals surface area contributed by atoms with Gasteiger partial charge in [-0.25, -0.2) is 0 Å². The highest BCUT2D eigenvalue weighted by Crippen LogP contribution is 2.26. The van der Waals surface area contributed by atoms with Crippen LogP contribution >= 0.6 is 27.5 Å². The summed E-state index contributed by atoms with van der Waals surface area (Å²) in [5, 5.41) is 3.23. The summed E-state index contributed by atoms with van der Waals surface area (Å²) in [6.45, 7) is 0. The second kappa shape index (κ2) is 5.42. The molecule has 3 nitrogen and oxygen atoms in total. The number of anilines is 2. The minimum atomic E-state index is -0.262. The Morgan fingerprint density at radius 2 is 1.89 bits per heavy atom.